The Balaban J connectivity index is 1.49. The van der Waals surface area contributed by atoms with E-state index < -0.39 is 0 Å². The number of amides is 1. The Kier molecular flexibility index (Phi) is 6.74. The van der Waals surface area contributed by atoms with E-state index in [1.54, 1.807) is 25.3 Å². The van der Waals surface area contributed by atoms with Crippen molar-refractivity contribution in [1.29, 1.82) is 0 Å². The third kappa shape index (κ3) is 4.90. The third-order valence-corrected chi connectivity index (χ3v) is 5.58. The lowest BCUT2D eigenvalue weighted by Gasteiger charge is -2.18. The second-order valence-electron chi connectivity index (χ2n) is 7.71. The van der Waals surface area contributed by atoms with Gasteiger partial charge in [-0.05, 0) is 48.4 Å². The average Bonchev–Trinajstić information content (AvgIpc) is 3.37. The first-order valence-corrected chi connectivity index (χ1v) is 10.8. The number of methoxy groups -OCH3 is 2. The zero-order valence-electron chi connectivity index (χ0n) is 19.1. The zero-order valence-corrected chi connectivity index (χ0v) is 19.1. The molecule has 0 aliphatic carbocycles. The van der Waals surface area contributed by atoms with Crippen LogP contribution in [-0.4, -0.2) is 48.4 Å². The molecule has 33 heavy (non-hydrogen) atoms. The van der Waals surface area contributed by atoms with Gasteiger partial charge in [0.2, 0.25) is 0 Å². The van der Waals surface area contributed by atoms with Gasteiger partial charge in [0, 0.05) is 24.7 Å². The molecule has 0 saturated carbocycles. The summed E-state index contributed by atoms with van der Waals surface area (Å²) in [5.41, 5.74) is 4.58. The summed E-state index contributed by atoms with van der Waals surface area (Å²) < 4.78 is 12.5. The lowest BCUT2D eigenvalue weighted by Crippen LogP contribution is -2.29. The second kappa shape index (κ2) is 10.0. The maximum absolute atomic E-state index is 13.1. The van der Waals surface area contributed by atoms with E-state index in [1.165, 1.54) is 0 Å². The Hall–Kier alpha value is -4.06. The quantitative estimate of drug-likeness (QED) is 0.391. The lowest BCUT2D eigenvalue weighted by molar-refractivity contribution is 0.0796. The predicted octanol–water partition coefficient (Wildman–Crippen LogP) is 4.87. The van der Waals surface area contributed by atoms with Gasteiger partial charge in [0.1, 0.15) is 0 Å². The molecule has 1 amide bonds. The first kappa shape index (κ1) is 22.1. The SMILES string of the molecule is COc1ccc(CCN(C)C(=O)c2cccc(-n3nccc3-c3ccccc3)c2)cc1OC. The number of carbonyl (C=O) groups excluding carboxylic acids is 1. The van der Waals surface area contributed by atoms with Crippen LogP contribution in [0.25, 0.3) is 16.9 Å². The molecule has 0 aliphatic heterocycles. The highest BCUT2D eigenvalue weighted by atomic mass is 16.5. The van der Waals surface area contributed by atoms with Crippen molar-refractivity contribution in [2.45, 2.75) is 6.42 Å². The van der Waals surface area contributed by atoms with Crippen molar-refractivity contribution >= 4 is 5.91 Å². The van der Waals surface area contributed by atoms with Crippen molar-refractivity contribution in [2.24, 2.45) is 0 Å². The predicted molar refractivity (Wildman–Crippen MR) is 129 cm³/mol. The van der Waals surface area contributed by atoms with Gasteiger partial charge in [-0.1, -0.05) is 42.5 Å². The molecule has 4 rings (SSSR count). The van der Waals surface area contributed by atoms with Crippen molar-refractivity contribution in [3.05, 3.63) is 96.2 Å². The van der Waals surface area contributed by atoms with Crippen LogP contribution in [0.1, 0.15) is 15.9 Å². The highest BCUT2D eigenvalue weighted by Gasteiger charge is 2.15. The number of ether oxygens (including phenoxy) is 2. The van der Waals surface area contributed by atoms with E-state index in [4.69, 9.17) is 9.47 Å². The summed E-state index contributed by atoms with van der Waals surface area (Å²) in [6.45, 7) is 0.579. The maximum Gasteiger partial charge on any atom is 0.253 e. The zero-order chi connectivity index (χ0) is 23.2. The standard InChI is InChI=1S/C27H27N3O3/c1-29(17-15-20-12-13-25(32-2)26(18-20)33-3)27(31)22-10-7-11-23(19-22)30-24(14-16-28-30)21-8-5-4-6-9-21/h4-14,16,18-19H,15,17H2,1-3H3. The monoisotopic (exact) mass is 441 g/mol. The van der Waals surface area contributed by atoms with Gasteiger partial charge in [-0.2, -0.15) is 5.10 Å². The van der Waals surface area contributed by atoms with E-state index in [9.17, 15) is 4.79 Å². The van der Waals surface area contributed by atoms with Gasteiger partial charge in [0.05, 0.1) is 31.8 Å². The Morgan fingerprint density at radius 2 is 1.70 bits per heavy atom. The van der Waals surface area contributed by atoms with E-state index in [0.29, 0.717) is 30.0 Å². The Labute approximate surface area is 194 Å². The molecular weight excluding hydrogens is 414 g/mol. The molecule has 1 heterocycles. The Morgan fingerprint density at radius 1 is 0.909 bits per heavy atom. The number of likely N-dealkylation sites (N-methyl/N-ethyl adjacent to an activating group) is 1. The summed E-state index contributed by atoms with van der Waals surface area (Å²) in [7, 11) is 5.05. The van der Waals surface area contributed by atoms with E-state index in [1.807, 2.05) is 90.6 Å². The Morgan fingerprint density at radius 3 is 2.45 bits per heavy atom. The van der Waals surface area contributed by atoms with Gasteiger partial charge >= 0.3 is 0 Å². The maximum atomic E-state index is 13.1. The van der Waals surface area contributed by atoms with E-state index in [-0.39, 0.29) is 5.91 Å². The number of aromatic nitrogens is 2. The minimum atomic E-state index is -0.0363. The van der Waals surface area contributed by atoms with Gasteiger partial charge in [-0.25, -0.2) is 4.68 Å². The molecule has 1 aromatic heterocycles. The normalized spacial score (nSPS) is 10.6. The topological polar surface area (TPSA) is 56.6 Å². The summed E-state index contributed by atoms with van der Waals surface area (Å²) in [6.07, 6.45) is 2.48. The lowest BCUT2D eigenvalue weighted by atomic mass is 10.1. The first-order valence-electron chi connectivity index (χ1n) is 10.8. The molecule has 4 aromatic rings. The summed E-state index contributed by atoms with van der Waals surface area (Å²) in [5.74, 6) is 1.34. The molecule has 6 heteroatoms. The van der Waals surface area contributed by atoms with Crippen molar-refractivity contribution in [2.75, 3.05) is 27.8 Å². The fraction of sp³-hybridized carbons (Fsp3) is 0.185. The molecule has 0 aliphatic rings. The highest BCUT2D eigenvalue weighted by Crippen LogP contribution is 2.28. The van der Waals surface area contributed by atoms with E-state index in [2.05, 4.69) is 5.10 Å². The van der Waals surface area contributed by atoms with Crippen LogP contribution in [0.15, 0.2) is 85.1 Å². The van der Waals surface area contributed by atoms with Crippen LogP contribution in [0.4, 0.5) is 0 Å². The summed E-state index contributed by atoms with van der Waals surface area (Å²) in [5, 5.41) is 4.48. The molecule has 0 N–H and O–H groups in total. The molecule has 0 saturated heterocycles. The largest absolute Gasteiger partial charge is 0.493 e. The average molecular weight is 442 g/mol. The molecule has 0 unspecified atom stereocenters. The summed E-state index contributed by atoms with van der Waals surface area (Å²) in [6, 6.07) is 25.4. The number of nitrogens with zero attached hydrogens (tertiary/aromatic N) is 3. The minimum Gasteiger partial charge on any atom is -0.493 e. The third-order valence-electron chi connectivity index (χ3n) is 5.58. The fourth-order valence-electron chi connectivity index (χ4n) is 3.76. The number of rotatable bonds is 8. The van der Waals surface area contributed by atoms with Crippen LogP contribution < -0.4 is 9.47 Å². The van der Waals surface area contributed by atoms with Crippen LogP contribution in [-0.2, 0) is 6.42 Å². The number of hydrogen-bond donors (Lipinski definition) is 0. The van der Waals surface area contributed by atoms with Crippen molar-refractivity contribution in [3.63, 3.8) is 0 Å². The molecule has 0 atom stereocenters. The number of benzene rings is 3. The second-order valence-corrected chi connectivity index (χ2v) is 7.71. The van der Waals surface area contributed by atoms with Gasteiger partial charge in [0.25, 0.3) is 5.91 Å². The summed E-state index contributed by atoms with van der Waals surface area (Å²) >= 11 is 0. The highest BCUT2D eigenvalue weighted by molar-refractivity contribution is 5.94. The Bertz CT molecular complexity index is 1230. The van der Waals surface area contributed by atoms with Crippen molar-refractivity contribution in [1.82, 2.24) is 14.7 Å². The van der Waals surface area contributed by atoms with E-state index in [0.717, 1.165) is 22.5 Å². The van der Waals surface area contributed by atoms with Crippen molar-refractivity contribution in [3.8, 4) is 28.4 Å². The molecule has 0 spiro atoms. The first-order chi connectivity index (χ1) is 16.1. The molecular formula is C27H27N3O3. The van der Waals surface area contributed by atoms with Crippen LogP contribution >= 0.6 is 0 Å². The minimum absolute atomic E-state index is 0.0363. The van der Waals surface area contributed by atoms with Crippen molar-refractivity contribution < 1.29 is 14.3 Å². The van der Waals surface area contributed by atoms with Crippen LogP contribution in [0, 0.1) is 0 Å². The van der Waals surface area contributed by atoms with Crippen LogP contribution in [0.5, 0.6) is 11.5 Å². The number of hydrogen-bond acceptors (Lipinski definition) is 4. The van der Waals surface area contributed by atoms with E-state index >= 15 is 0 Å². The summed E-state index contributed by atoms with van der Waals surface area (Å²) in [4.78, 5) is 14.9. The fourth-order valence-corrected chi connectivity index (χ4v) is 3.76. The number of carbonyl (C=O) groups is 1. The van der Waals surface area contributed by atoms with Gasteiger partial charge < -0.3 is 14.4 Å². The van der Waals surface area contributed by atoms with Gasteiger partial charge in [0.15, 0.2) is 11.5 Å². The molecule has 168 valence electrons. The van der Waals surface area contributed by atoms with Crippen LogP contribution in [0.3, 0.4) is 0 Å². The van der Waals surface area contributed by atoms with Gasteiger partial charge in [-0.3, -0.25) is 4.79 Å². The molecule has 0 radical (unpaired) electrons. The molecule has 0 bridgehead atoms. The smallest absolute Gasteiger partial charge is 0.253 e. The van der Waals surface area contributed by atoms with Crippen LogP contribution in [0.2, 0.25) is 0 Å². The molecule has 6 nitrogen and oxygen atoms in total. The molecule has 0 fully saturated rings. The van der Waals surface area contributed by atoms with Gasteiger partial charge in [-0.15, -0.1) is 0 Å². The molecule has 3 aromatic carbocycles.